The molecule has 0 saturated carbocycles. The van der Waals surface area contributed by atoms with Gasteiger partial charge in [0, 0.05) is 9.26 Å². The Balaban J connectivity index is 2.31. The number of nitrogens with one attached hydrogen (secondary N) is 1. The van der Waals surface area contributed by atoms with Crippen molar-refractivity contribution in [3.63, 3.8) is 0 Å². The molecule has 2 N–H and O–H groups in total. The van der Waals surface area contributed by atoms with E-state index in [1.807, 2.05) is 18.2 Å². The average Bonchev–Trinajstić information content (AvgIpc) is 2.55. The zero-order valence-electron chi connectivity index (χ0n) is 12.5. The van der Waals surface area contributed by atoms with E-state index in [9.17, 15) is 15.2 Å². The van der Waals surface area contributed by atoms with Gasteiger partial charge in [-0.05, 0) is 80.5 Å². The molecule has 0 heterocycles. The molecule has 0 aliphatic rings. The van der Waals surface area contributed by atoms with E-state index in [1.165, 1.54) is 19.3 Å². The average molecular weight is 499 g/mol. The van der Waals surface area contributed by atoms with Crippen LogP contribution in [0.1, 0.15) is 5.56 Å². The molecule has 0 spiro atoms. The number of benzene rings is 2. The number of methoxy groups -OCH3 is 1. The number of carbonyl (C=O) groups is 1. The van der Waals surface area contributed by atoms with Gasteiger partial charge in [-0.2, -0.15) is 5.26 Å². The Morgan fingerprint density at radius 1 is 1.42 bits per heavy atom. The minimum atomic E-state index is -0.511. The molecule has 0 atom stereocenters. The molecule has 2 aromatic carbocycles. The number of aromatic hydroxyl groups is 1. The maximum atomic E-state index is 12.3. The van der Waals surface area contributed by atoms with Crippen molar-refractivity contribution in [3.05, 3.63) is 55.6 Å². The van der Waals surface area contributed by atoms with Gasteiger partial charge in [-0.25, -0.2) is 0 Å². The predicted octanol–water partition coefficient (Wildman–Crippen LogP) is 4.31. The molecule has 0 unspecified atom stereocenters. The first-order valence-electron chi connectivity index (χ1n) is 6.70. The second-order valence-electron chi connectivity index (χ2n) is 4.69. The van der Waals surface area contributed by atoms with Crippen LogP contribution in [0.5, 0.6) is 11.5 Å². The Morgan fingerprint density at radius 2 is 2.17 bits per heavy atom. The summed E-state index contributed by atoms with van der Waals surface area (Å²) in [6.07, 6.45) is 1.43. The van der Waals surface area contributed by atoms with Gasteiger partial charge in [-0.15, -0.1) is 0 Å². The number of rotatable bonds is 4. The van der Waals surface area contributed by atoms with Crippen LogP contribution >= 0.6 is 38.5 Å². The van der Waals surface area contributed by atoms with Crippen LogP contribution in [0.25, 0.3) is 6.08 Å². The highest BCUT2D eigenvalue weighted by molar-refractivity contribution is 14.1. The van der Waals surface area contributed by atoms with E-state index in [0.717, 1.165) is 3.57 Å². The van der Waals surface area contributed by atoms with Crippen LogP contribution in [0.2, 0.25) is 0 Å². The van der Waals surface area contributed by atoms with Gasteiger partial charge in [0.25, 0.3) is 5.91 Å². The molecule has 0 radical (unpaired) electrons. The minimum absolute atomic E-state index is 0.0449. The molecule has 7 heteroatoms. The maximum absolute atomic E-state index is 12.3. The van der Waals surface area contributed by atoms with Crippen LogP contribution in [0.4, 0.5) is 5.69 Å². The van der Waals surface area contributed by atoms with E-state index in [1.54, 1.807) is 18.2 Å². The molecule has 0 fully saturated rings. The Morgan fingerprint density at radius 3 is 2.79 bits per heavy atom. The molecule has 0 saturated heterocycles. The summed E-state index contributed by atoms with van der Waals surface area (Å²) in [7, 11) is 1.42. The van der Waals surface area contributed by atoms with Crippen LogP contribution in [0.15, 0.2) is 46.4 Å². The monoisotopic (exact) mass is 498 g/mol. The van der Waals surface area contributed by atoms with E-state index in [4.69, 9.17) is 4.74 Å². The van der Waals surface area contributed by atoms with Gasteiger partial charge in [0.2, 0.25) is 0 Å². The van der Waals surface area contributed by atoms with Crippen LogP contribution in [-0.4, -0.2) is 18.1 Å². The third kappa shape index (κ3) is 4.49. The molecule has 122 valence electrons. The highest BCUT2D eigenvalue weighted by Crippen LogP contribution is 2.35. The van der Waals surface area contributed by atoms with Crippen LogP contribution < -0.4 is 10.1 Å². The van der Waals surface area contributed by atoms with Gasteiger partial charge < -0.3 is 15.2 Å². The summed E-state index contributed by atoms with van der Waals surface area (Å²) < 4.78 is 6.44. The second-order valence-corrected chi connectivity index (χ2v) is 6.79. The topological polar surface area (TPSA) is 82.3 Å². The van der Waals surface area contributed by atoms with Crippen molar-refractivity contribution in [2.75, 3.05) is 12.4 Å². The summed E-state index contributed by atoms with van der Waals surface area (Å²) in [6, 6.07) is 12.3. The fourth-order valence-corrected chi connectivity index (χ4v) is 2.92. The molecular formula is C17H12BrIN2O3. The number of nitriles is 1. The van der Waals surface area contributed by atoms with Crippen molar-refractivity contribution < 1.29 is 14.6 Å². The fraction of sp³-hybridized carbons (Fsp3) is 0.0588. The van der Waals surface area contributed by atoms with Gasteiger partial charge in [0.1, 0.15) is 11.6 Å². The second kappa shape index (κ2) is 8.17. The molecule has 2 aromatic rings. The standard InChI is InChI=1S/C17H12BrIN2O3/c1-24-15-7-10(6-14(18)16(15)22)5-11(9-20)17(23)21-13-4-2-3-12(19)8-13/h2-8,22H,1H3,(H,21,23)/b11-5+. The molecule has 24 heavy (non-hydrogen) atoms. The molecule has 2 rings (SSSR count). The number of anilines is 1. The van der Waals surface area contributed by atoms with Gasteiger partial charge in [-0.3, -0.25) is 4.79 Å². The van der Waals surface area contributed by atoms with Crippen molar-refractivity contribution in [2.45, 2.75) is 0 Å². The number of hydrogen-bond donors (Lipinski definition) is 2. The number of phenolic OH excluding ortho intramolecular Hbond substituents is 1. The molecule has 0 aliphatic heterocycles. The van der Waals surface area contributed by atoms with E-state index < -0.39 is 5.91 Å². The summed E-state index contributed by atoms with van der Waals surface area (Å²) in [4.78, 5) is 12.3. The lowest BCUT2D eigenvalue weighted by atomic mass is 10.1. The van der Waals surface area contributed by atoms with Crippen molar-refractivity contribution in [2.24, 2.45) is 0 Å². The van der Waals surface area contributed by atoms with Crippen LogP contribution in [0.3, 0.4) is 0 Å². The van der Waals surface area contributed by atoms with Crippen LogP contribution in [-0.2, 0) is 4.79 Å². The smallest absolute Gasteiger partial charge is 0.266 e. The van der Waals surface area contributed by atoms with Crippen molar-refractivity contribution in [1.82, 2.24) is 0 Å². The van der Waals surface area contributed by atoms with Crippen molar-refractivity contribution >= 4 is 56.2 Å². The number of amides is 1. The minimum Gasteiger partial charge on any atom is -0.503 e. The summed E-state index contributed by atoms with van der Waals surface area (Å²) in [5, 5.41) is 21.8. The number of halogens is 2. The first-order valence-corrected chi connectivity index (χ1v) is 8.57. The largest absolute Gasteiger partial charge is 0.503 e. The number of ether oxygens (including phenoxy) is 1. The molecule has 5 nitrogen and oxygen atoms in total. The normalized spacial score (nSPS) is 10.8. The van der Waals surface area contributed by atoms with E-state index >= 15 is 0 Å². The Kier molecular flexibility index (Phi) is 6.23. The molecule has 0 aliphatic carbocycles. The lowest BCUT2D eigenvalue weighted by molar-refractivity contribution is -0.112. The first-order chi connectivity index (χ1) is 11.4. The number of nitrogens with zero attached hydrogens (tertiary/aromatic N) is 1. The van der Waals surface area contributed by atoms with Gasteiger partial charge in [0.05, 0.1) is 11.6 Å². The van der Waals surface area contributed by atoms with Gasteiger partial charge >= 0.3 is 0 Å². The van der Waals surface area contributed by atoms with E-state index in [0.29, 0.717) is 15.7 Å². The summed E-state index contributed by atoms with van der Waals surface area (Å²) >= 11 is 5.34. The quantitative estimate of drug-likeness (QED) is 0.374. The third-order valence-corrected chi connectivity index (χ3v) is 4.30. The Hall–Kier alpha value is -2.05. The molecule has 0 bridgehead atoms. The van der Waals surface area contributed by atoms with E-state index in [-0.39, 0.29) is 17.1 Å². The number of phenols is 1. The summed E-state index contributed by atoms with van der Waals surface area (Å²) in [5.74, 6) is -0.315. The predicted molar refractivity (Wildman–Crippen MR) is 104 cm³/mol. The molecular weight excluding hydrogens is 487 g/mol. The molecule has 0 aromatic heterocycles. The SMILES string of the molecule is COc1cc(/C=C(\C#N)C(=O)Nc2cccc(I)c2)cc(Br)c1O. The number of carbonyl (C=O) groups excluding carboxylic acids is 1. The summed E-state index contributed by atoms with van der Waals surface area (Å²) in [6.45, 7) is 0. The van der Waals surface area contributed by atoms with Gasteiger partial charge in [-0.1, -0.05) is 6.07 Å². The Labute approximate surface area is 161 Å². The first kappa shape index (κ1) is 18.3. The highest BCUT2D eigenvalue weighted by atomic mass is 127. The summed E-state index contributed by atoms with van der Waals surface area (Å²) in [5.41, 5.74) is 1.09. The molecule has 1 amide bonds. The van der Waals surface area contributed by atoms with Crippen molar-refractivity contribution in [1.29, 1.82) is 5.26 Å². The lowest BCUT2D eigenvalue weighted by Gasteiger charge is -2.08. The number of hydrogen-bond acceptors (Lipinski definition) is 4. The van der Waals surface area contributed by atoms with Crippen LogP contribution in [0, 0.1) is 14.9 Å². The van der Waals surface area contributed by atoms with E-state index in [2.05, 4.69) is 43.8 Å². The Bertz CT molecular complexity index is 859. The lowest BCUT2D eigenvalue weighted by Crippen LogP contribution is -2.13. The zero-order valence-corrected chi connectivity index (χ0v) is 16.3. The van der Waals surface area contributed by atoms with Crippen molar-refractivity contribution in [3.8, 4) is 17.6 Å². The third-order valence-electron chi connectivity index (χ3n) is 3.03. The van der Waals surface area contributed by atoms with Gasteiger partial charge in [0.15, 0.2) is 11.5 Å². The zero-order chi connectivity index (χ0) is 17.7. The highest BCUT2D eigenvalue weighted by Gasteiger charge is 2.12. The maximum Gasteiger partial charge on any atom is 0.266 e. The fourth-order valence-electron chi connectivity index (χ4n) is 1.91.